The molecule has 1 heterocycles. The van der Waals surface area contributed by atoms with Gasteiger partial charge in [-0.15, -0.1) is 0 Å². The van der Waals surface area contributed by atoms with Crippen LogP contribution in [0.25, 0.3) is 0 Å². The van der Waals surface area contributed by atoms with Crippen molar-refractivity contribution in [2.24, 2.45) is 0 Å². The minimum Gasteiger partial charge on any atom is -0.339 e. The number of hydrogen-bond acceptors (Lipinski definition) is 3. The maximum Gasteiger partial charge on any atom is 0.361 e. The van der Waals surface area contributed by atoms with Crippen molar-refractivity contribution in [3.05, 3.63) is 22.2 Å². The van der Waals surface area contributed by atoms with Crippen molar-refractivity contribution in [1.29, 1.82) is 0 Å². The summed E-state index contributed by atoms with van der Waals surface area (Å²) in [6.45, 7) is 0.547. The second-order valence-corrected chi connectivity index (χ2v) is 1.71. The Hall–Kier alpha value is -1.03. The van der Waals surface area contributed by atoms with Crippen molar-refractivity contribution < 1.29 is 4.52 Å². The lowest BCUT2D eigenvalue weighted by atomic mass is 10.4. The molecule has 0 radical (unpaired) electrons. The Labute approximate surface area is 51.8 Å². The van der Waals surface area contributed by atoms with Crippen LogP contribution in [-0.2, 0) is 6.54 Å². The average Bonchev–Trinajstić information content (AvgIpc) is 2.18. The van der Waals surface area contributed by atoms with Gasteiger partial charge >= 0.3 is 5.63 Å². The van der Waals surface area contributed by atoms with Crippen LogP contribution in [0.15, 0.2) is 15.5 Å². The second-order valence-electron chi connectivity index (χ2n) is 1.71. The lowest BCUT2D eigenvalue weighted by Crippen LogP contribution is -2.11. The summed E-state index contributed by atoms with van der Waals surface area (Å²) in [6, 6.07) is 0. The minimum absolute atomic E-state index is 0.302. The fourth-order valence-electron chi connectivity index (χ4n) is 0.592. The van der Waals surface area contributed by atoms with Gasteiger partial charge in [0, 0.05) is 12.7 Å². The van der Waals surface area contributed by atoms with Crippen LogP contribution in [0.2, 0.25) is 0 Å². The van der Waals surface area contributed by atoms with E-state index in [1.165, 1.54) is 0 Å². The summed E-state index contributed by atoms with van der Waals surface area (Å²) in [5, 5.41) is 5.19. The zero-order valence-corrected chi connectivity index (χ0v) is 5.10. The Morgan fingerprint density at radius 3 is 3.11 bits per heavy atom. The highest BCUT2D eigenvalue weighted by Gasteiger charge is 1.97. The smallest absolute Gasteiger partial charge is 0.339 e. The molecule has 0 aromatic carbocycles. The summed E-state index contributed by atoms with van der Waals surface area (Å²) in [6.07, 6.45) is 1.54. The molecule has 1 aromatic rings. The van der Waals surface area contributed by atoms with Gasteiger partial charge in [0.25, 0.3) is 0 Å². The number of rotatable bonds is 2. The third-order valence-electron chi connectivity index (χ3n) is 1.01. The van der Waals surface area contributed by atoms with Gasteiger partial charge in [-0.1, -0.05) is 0 Å². The van der Waals surface area contributed by atoms with Crippen molar-refractivity contribution in [3.8, 4) is 0 Å². The van der Waals surface area contributed by atoms with Crippen molar-refractivity contribution in [1.82, 2.24) is 10.5 Å². The molecule has 0 amide bonds. The van der Waals surface area contributed by atoms with E-state index in [1.807, 2.05) is 0 Å². The van der Waals surface area contributed by atoms with Crippen molar-refractivity contribution >= 4 is 0 Å². The molecule has 0 bridgehead atoms. The number of H-pyrrole nitrogens is 1. The van der Waals surface area contributed by atoms with Gasteiger partial charge in [-0.05, 0) is 7.05 Å². The molecule has 50 valence electrons. The van der Waals surface area contributed by atoms with E-state index in [1.54, 1.807) is 13.2 Å². The molecule has 0 aliphatic rings. The molecule has 0 saturated heterocycles. The van der Waals surface area contributed by atoms with E-state index in [4.69, 9.17) is 0 Å². The molecular formula is C5H8N2O2. The van der Waals surface area contributed by atoms with E-state index >= 15 is 0 Å². The molecule has 0 atom stereocenters. The number of nitrogens with one attached hydrogen (secondary N) is 2. The second kappa shape index (κ2) is 2.50. The summed E-state index contributed by atoms with van der Waals surface area (Å²) in [7, 11) is 1.77. The van der Waals surface area contributed by atoms with Crippen molar-refractivity contribution in [2.75, 3.05) is 7.05 Å². The molecular weight excluding hydrogens is 120 g/mol. The molecule has 1 rings (SSSR count). The molecule has 0 fully saturated rings. The van der Waals surface area contributed by atoms with Gasteiger partial charge in [-0.3, -0.25) is 0 Å². The van der Waals surface area contributed by atoms with E-state index < -0.39 is 0 Å². The Balaban J connectivity index is 2.81. The van der Waals surface area contributed by atoms with Gasteiger partial charge in [0.15, 0.2) is 0 Å². The predicted molar refractivity (Wildman–Crippen MR) is 32.1 cm³/mol. The average molecular weight is 128 g/mol. The lowest BCUT2D eigenvalue weighted by Gasteiger charge is -1.86. The number of aromatic amines is 1. The van der Waals surface area contributed by atoms with E-state index in [2.05, 4.69) is 15.0 Å². The Bertz CT molecular complexity index is 225. The number of hydrogen-bond donors (Lipinski definition) is 2. The first-order chi connectivity index (χ1) is 4.34. The molecule has 0 spiro atoms. The maximum absolute atomic E-state index is 10.6. The fourth-order valence-corrected chi connectivity index (χ4v) is 0.592. The van der Waals surface area contributed by atoms with Gasteiger partial charge in [0.05, 0.1) is 5.56 Å². The monoisotopic (exact) mass is 128 g/mol. The summed E-state index contributed by atoms with van der Waals surface area (Å²) < 4.78 is 4.40. The maximum atomic E-state index is 10.6. The quantitative estimate of drug-likeness (QED) is 0.574. The lowest BCUT2D eigenvalue weighted by molar-refractivity contribution is 0.389. The van der Waals surface area contributed by atoms with Crippen molar-refractivity contribution in [2.45, 2.75) is 6.54 Å². The van der Waals surface area contributed by atoms with E-state index in [0.717, 1.165) is 0 Å². The van der Waals surface area contributed by atoms with Crippen LogP contribution in [0.1, 0.15) is 5.56 Å². The van der Waals surface area contributed by atoms with Gasteiger partial charge < -0.3 is 9.84 Å². The van der Waals surface area contributed by atoms with Gasteiger partial charge in [0.2, 0.25) is 0 Å². The summed E-state index contributed by atoms with van der Waals surface area (Å²) >= 11 is 0. The standard InChI is InChI=1S/C5H8N2O2/c1-6-2-4-3-7-9-5(4)8/h3,6-7H,2H2,1H3. The summed E-state index contributed by atoms with van der Waals surface area (Å²) in [5.74, 6) is 0. The molecule has 0 unspecified atom stereocenters. The van der Waals surface area contributed by atoms with Crippen LogP contribution in [0, 0.1) is 0 Å². The van der Waals surface area contributed by atoms with Crippen LogP contribution < -0.4 is 10.9 Å². The zero-order valence-electron chi connectivity index (χ0n) is 5.10. The molecule has 0 aliphatic carbocycles. The first-order valence-electron chi connectivity index (χ1n) is 2.65. The van der Waals surface area contributed by atoms with Crippen LogP contribution >= 0.6 is 0 Å². The highest BCUT2D eigenvalue weighted by Crippen LogP contribution is 1.84. The third-order valence-corrected chi connectivity index (χ3v) is 1.01. The zero-order chi connectivity index (χ0) is 6.69. The van der Waals surface area contributed by atoms with E-state index in [0.29, 0.717) is 12.1 Å². The van der Waals surface area contributed by atoms with Gasteiger partial charge in [-0.2, -0.15) is 0 Å². The van der Waals surface area contributed by atoms with Crippen LogP contribution in [-0.4, -0.2) is 12.2 Å². The van der Waals surface area contributed by atoms with Gasteiger partial charge in [-0.25, -0.2) is 9.95 Å². The van der Waals surface area contributed by atoms with Crippen LogP contribution in [0.4, 0.5) is 0 Å². The molecule has 0 aliphatic heterocycles. The Morgan fingerprint density at radius 2 is 2.67 bits per heavy atom. The highest BCUT2D eigenvalue weighted by atomic mass is 16.5. The normalized spacial score (nSPS) is 9.89. The first kappa shape index (κ1) is 6.10. The van der Waals surface area contributed by atoms with Crippen LogP contribution in [0.5, 0.6) is 0 Å². The first-order valence-corrected chi connectivity index (χ1v) is 2.65. The topological polar surface area (TPSA) is 58.0 Å². The molecule has 9 heavy (non-hydrogen) atoms. The van der Waals surface area contributed by atoms with E-state index in [9.17, 15) is 4.79 Å². The summed E-state index contributed by atoms with van der Waals surface area (Å²) in [5.41, 5.74) is 0.321. The minimum atomic E-state index is -0.302. The molecule has 4 heteroatoms. The Morgan fingerprint density at radius 1 is 1.89 bits per heavy atom. The molecule has 1 aromatic heterocycles. The van der Waals surface area contributed by atoms with E-state index in [-0.39, 0.29) is 5.63 Å². The molecule has 0 saturated carbocycles. The summed E-state index contributed by atoms with van der Waals surface area (Å²) in [4.78, 5) is 10.6. The number of aromatic nitrogens is 1. The molecule has 4 nitrogen and oxygen atoms in total. The van der Waals surface area contributed by atoms with Gasteiger partial charge in [0.1, 0.15) is 0 Å². The van der Waals surface area contributed by atoms with Crippen LogP contribution in [0.3, 0.4) is 0 Å². The predicted octanol–water partition coefficient (Wildman–Crippen LogP) is -0.313. The van der Waals surface area contributed by atoms with Crippen molar-refractivity contribution in [3.63, 3.8) is 0 Å². The molecule has 2 N–H and O–H groups in total. The largest absolute Gasteiger partial charge is 0.361 e. The SMILES string of the molecule is CNCc1c[nH]oc1=O. The highest BCUT2D eigenvalue weighted by molar-refractivity contribution is 4.99. The fraction of sp³-hybridized carbons (Fsp3) is 0.400. The Kier molecular flexibility index (Phi) is 1.69. The third kappa shape index (κ3) is 1.20.